The van der Waals surface area contributed by atoms with E-state index in [9.17, 15) is 14.9 Å². The van der Waals surface area contributed by atoms with E-state index in [4.69, 9.17) is 0 Å². The van der Waals surface area contributed by atoms with Gasteiger partial charge in [-0.05, 0) is 23.3 Å². The Hall–Kier alpha value is -3.12. The molecule has 0 aliphatic heterocycles. The van der Waals surface area contributed by atoms with Crippen LogP contribution in [0.25, 0.3) is 0 Å². The summed E-state index contributed by atoms with van der Waals surface area (Å²) in [5.74, 6) is 0.299. The second kappa shape index (κ2) is 9.71. The summed E-state index contributed by atoms with van der Waals surface area (Å²) in [7, 11) is 0. The van der Waals surface area contributed by atoms with Crippen LogP contribution in [0.4, 0.5) is 5.69 Å². The van der Waals surface area contributed by atoms with Gasteiger partial charge in [0.15, 0.2) is 0 Å². The fraction of sp³-hybridized carbons (Fsp3) is 0.136. The smallest absolute Gasteiger partial charge is 0.269 e. The van der Waals surface area contributed by atoms with E-state index in [0.29, 0.717) is 13.1 Å². The van der Waals surface area contributed by atoms with Crippen LogP contribution in [0.1, 0.15) is 11.1 Å². The van der Waals surface area contributed by atoms with Crippen molar-refractivity contribution >= 4 is 23.4 Å². The minimum absolute atomic E-state index is 0.0241. The van der Waals surface area contributed by atoms with E-state index in [-0.39, 0.29) is 17.3 Å². The Labute approximate surface area is 168 Å². The van der Waals surface area contributed by atoms with Crippen LogP contribution in [0, 0.1) is 10.1 Å². The summed E-state index contributed by atoms with van der Waals surface area (Å²) >= 11 is 1.38. The van der Waals surface area contributed by atoms with Crippen molar-refractivity contribution in [3.8, 4) is 0 Å². The molecule has 0 saturated carbocycles. The van der Waals surface area contributed by atoms with Crippen molar-refractivity contribution in [2.75, 3.05) is 5.75 Å². The molecule has 0 aliphatic rings. The molecule has 28 heavy (non-hydrogen) atoms. The molecule has 0 heterocycles. The average Bonchev–Trinajstić information content (AvgIpc) is 2.73. The van der Waals surface area contributed by atoms with Gasteiger partial charge in [-0.1, -0.05) is 60.7 Å². The molecule has 6 heteroatoms. The van der Waals surface area contributed by atoms with E-state index < -0.39 is 4.92 Å². The number of non-ortho nitro benzene ring substituents is 1. The number of nitrogens with zero attached hydrogens (tertiary/aromatic N) is 2. The van der Waals surface area contributed by atoms with Crippen LogP contribution in [-0.4, -0.2) is 21.5 Å². The zero-order valence-electron chi connectivity index (χ0n) is 15.2. The molecule has 0 spiro atoms. The summed E-state index contributed by atoms with van der Waals surface area (Å²) in [5, 5.41) is 10.8. The Kier molecular flexibility index (Phi) is 6.81. The number of nitro benzene ring substituents is 1. The number of amides is 1. The molecule has 0 aromatic heterocycles. The maximum absolute atomic E-state index is 12.9. The van der Waals surface area contributed by atoms with Gasteiger partial charge in [0.05, 0.1) is 10.7 Å². The SMILES string of the molecule is O=C(CSc1ccc([N+](=O)[O-])cc1)N(Cc1ccccc1)Cc1ccccc1. The number of carbonyl (C=O) groups excluding carboxylic acids is 1. The van der Waals surface area contributed by atoms with Crippen molar-refractivity contribution in [1.82, 2.24) is 4.90 Å². The lowest BCUT2D eigenvalue weighted by atomic mass is 10.1. The lowest BCUT2D eigenvalue weighted by Crippen LogP contribution is -2.31. The van der Waals surface area contributed by atoms with Crippen LogP contribution in [0.3, 0.4) is 0 Å². The summed E-state index contributed by atoms with van der Waals surface area (Å²) in [6.07, 6.45) is 0. The fourth-order valence-corrected chi connectivity index (χ4v) is 3.54. The van der Waals surface area contributed by atoms with E-state index >= 15 is 0 Å². The van der Waals surface area contributed by atoms with Gasteiger partial charge in [0.2, 0.25) is 5.91 Å². The van der Waals surface area contributed by atoms with Gasteiger partial charge >= 0.3 is 0 Å². The van der Waals surface area contributed by atoms with E-state index in [0.717, 1.165) is 16.0 Å². The Morgan fingerprint density at radius 3 is 1.79 bits per heavy atom. The molecule has 3 aromatic rings. The number of nitro groups is 1. The molecule has 0 saturated heterocycles. The van der Waals surface area contributed by atoms with Gasteiger partial charge in [-0.15, -0.1) is 11.8 Å². The third-order valence-electron chi connectivity index (χ3n) is 4.20. The topological polar surface area (TPSA) is 63.4 Å². The van der Waals surface area contributed by atoms with Gasteiger partial charge in [-0.25, -0.2) is 0 Å². The first-order valence-corrected chi connectivity index (χ1v) is 9.83. The van der Waals surface area contributed by atoms with Gasteiger partial charge in [0, 0.05) is 30.1 Å². The normalized spacial score (nSPS) is 10.4. The molecule has 0 N–H and O–H groups in total. The molecule has 0 unspecified atom stereocenters. The molecule has 0 aliphatic carbocycles. The highest BCUT2D eigenvalue weighted by atomic mass is 32.2. The molecule has 3 aromatic carbocycles. The van der Waals surface area contributed by atoms with Gasteiger partial charge < -0.3 is 4.90 Å². The highest BCUT2D eigenvalue weighted by Gasteiger charge is 2.15. The van der Waals surface area contributed by atoms with Gasteiger partial charge in [-0.3, -0.25) is 14.9 Å². The first-order valence-electron chi connectivity index (χ1n) is 8.85. The predicted molar refractivity (Wildman–Crippen MR) is 111 cm³/mol. The largest absolute Gasteiger partial charge is 0.333 e. The monoisotopic (exact) mass is 392 g/mol. The second-order valence-corrected chi connectivity index (χ2v) is 7.31. The summed E-state index contributed by atoms with van der Waals surface area (Å²) in [6.45, 7) is 1.07. The number of carbonyl (C=O) groups is 1. The first kappa shape index (κ1) is 19.6. The molecule has 5 nitrogen and oxygen atoms in total. The molecule has 0 radical (unpaired) electrons. The van der Waals surface area contributed by atoms with Gasteiger partial charge in [0.25, 0.3) is 5.69 Å². The van der Waals surface area contributed by atoms with Crippen LogP contribution in [0.2, 0.25) is 0 Å². The van der Waals surface area contributed by atoms with E-state index in [2.05, 4.69) is 0 Å². The minimum atomic E-state index is -0.430. The molecule has 0 fully saturated rings. The quantitative estimate of drug-likeness (QED) is 0.310. The lowest BCUT2D eigenvalue weighted by molar-refractivity contribution is -0.384. The predicted octanol–water partition coefficient (Wildman–Crippen LogP) is 4.92. The second-order valence-electron chi connectivity index (χ2n) is 6.26. The number of rotatable bonds is 8. The molecular weight excluding hydrogens is 372 g/mol. The molecule has 3 rings (SSSR count). The minimum Gasteiger partial charge on any atom is -0.333 e. The van der Waals surface area contributed by atoms with Crippen LogP contribution < -0.4 is 0 Å². The van der Waals surface area contributed by atoms with Crippen molar-refractivity contribution < 1.29 is 9.72 Å². The zero-order chi connectivity index (χ0) is 19.8. The molecule has 0 bridgehead atoms. The van der Waals surface area contributed by atoms with E-state index in [1.165, 1.54) is 23.9 Å². The standard InChI is InChI=1S/C22H20N2O3S/c25-22(17-28-21-13-11-20(12-14-21)24(26)27)23(15-18-7-3-1-4-8-18)16-19-9-5-2-6-10-19/h1-14H,15-17H2. The maximum atomic E-state index is 12.9. The van der Waals surface area contributed by atoms with Crippen LogP contribution in [0.5, 0.6) is 0 Å². The lowest BCUT2D eigenvalue weighted by Gasteiger charge is -2.23. The van der Waals surface area contributed by atoms with Crippen molar-refractivity contribution in [1.29, 1.82) is 0 Å². The number of thioether (sulfide) groups is 1. The Bertz CT molecular complexity index is 874. The van der Waals surface area contributed by atoms with Crippen molar-refractivity contribution in [2.45, 2.75) is 18.0 Å². The van der Waals surface area contributed by atoms with Crippen LogP contribution in [-0.2, 0) is 17.9 Å². The van der Waals surface area contributed by atoms with Crippen LogP contribution >= 0.6 is 11.8 Å². The fourth-order valence-electron chi connectivity index (χ4n) is 2.74. The van der Waals surface area contributed by atoms with Crippen molar-refractivity contribution in [2.24, 2.45) is 0 Å². The number of hydrogen-bond acceptors (Lipinski definition) is 4. The molecular formula is C22H20N2O3S. The molecule has 142 valence electrons. The highest BCUT2D eigenvalue weighted by Crippen LogP contribution is 2.22. The first-order chi connectivity index (χ1) is 13.6. The summed E-state index contributed by atoms with van der Waals surface area (Å²) in [4.78, 5) is 25.9. The summed E-state index contributed by atoms with van der Waals surface area (Å²) in [6, 6.07) is 26.1. The number of benzene rings is 3. The average molecular weight is 392 g/mol. The third-order valence-corrected chi connectivity index (χ3v) is 5.19. The molecule has 0 atom stereocenters. The Morgan fingerprint density at radius 2 is 1.32 bits per heavy atom. The molecule has 1 amide bonds. The summed E-state index contributed by atoms with van der Waals surface area (Å²) < 4.78 is 0. The van der Waals surface area contributed by atoms with Gasteiger partial charge in [0.1, 0.15) is 0 Å². The number of hydrogen-bond donors (Lipinski definition) is 0. The Morgan fingerprint density at radius 1 is 0.821 bits per heavy atom. The van der Waals surface area contributed by atoms with Crippen molar-refractivity contribution in [3.05, 3.63) is 106 Å². The highest BCUT2D eigenvalue weighted by molar-refractivity contribution is 8.00. The van der Waals surface area contributed by atoms with E-state index in [1.54, 1.807) is 12.1 Å². The van der Waals surface area contributed by atoms with Crippen LogP contribution in [0.15, 0.2) is 89.8 Å². The van der Waals surface area contributed by atoms with Crippen molar-refractivity contribution in [3.63, 3.8) is 0 Å². The third kappa shape index (κ3) is 5.69. The maximum Gasteiger partial charge on any atom is 0.269 e. The zero-order valence-corrected chi connectivity index (χ0v) is 16.0. The van der Waals surface area contributed by atoms with E-state index in [1.807, 2.05) is 65.6 Å². The summed E-state index contributed by atoms with van der Waals surface area (Å²) in [5.41, 5.74) is 2.20. The Balaban J connectivity index is 1.67. The van der Waals surface area contributed by atoms with Gasteiger partial charge in [-0.2, -0.15) is 0 Å².